The van der Waals surface area contributed by atoms with Gasteiger partial charge in [0, 0.05) is 11.5 Å². The van der Waals surface area contributed by atoms with Crippen LogP contribution in [0.5, 0.6) is 0 Å². The van der Waals surface area contributed by atoms with Gasteiger partial charge in [0.25, 0.3) is 5.91 Å². The van der Waals surface area contributed by atoms with Crippen LogP contribution in [0.25, 0.3) is 17.0 Å². The standard InChI is InChI=1S/C15H14N2O3/c1-10(15(16)19)20-14(18)9-8-12-7-6-11-4-2-3-5-13(11)17-12/h2-10H,1H3,(H2,16,19)/b9-8+/t10-/m1/s1. The lowest BCUT2D eigenvalue weighted by Crippen LogP contribution is -2.29. The molecule has 5 heteroatoms. The number of pyridine rings is 1. The van der Waals surface area contributed by atoms with Gasteiger partial charge in [-0.3, -0.25) is 4.79 Å². The Morgan fingerprint density at radius 3 is 2.75 bits per heavy atom. The monoisotopic (exact) mass is 270 g/mol. The van der Waals surface area contributed by atoms with Crippen molar-refractivity contribution < 1.29 is 14.3 Å². The molecule has 1 aromatic heterocycles. The Bertz CT molecular complexity index is 680. The molecule has 102 valence electrons. The highest BCUT2D eigenvalue weighted by atomic mass is 16.5. The lowest BCUT2D eigenvalue weighted by molar-refractivity contribution is -0.148. The molecular formula is C15H14N2O3. The summed E-state index contributed by atoms with van der Waals surface area (Å²) in [5, 5.41) is 1.02. The first kappa shape index (κ1) is 13.7. The van der Waals surface area contributed by atoms with Crippen molar-refractivity contribution in [2.45, 2.75) is 13.0 Å². The van der Waals surface area contributed by atoms with Crippen LogP contribution in [0.1, 0.15) is 12.6 Å². The van der Waals surface area contributed by atoms with Crippen LogP contribution in [0.4, 0.5) is 0 Å². The summed E-state index contributed by atoms with van der Waals surface area (Å²) in [6.45, 7) is 1.42. The second-order valence-corrected chi connectivity index (χ2v) is 4.24. The number of amides is 1. The SMILES string of the molecule is C[C@@H](OC(=O)/C=C/c1ccc2ccccc2n1)C(N)=O. The van der Waals surface area contributed by atoms with Gasteiger partial charge in [-0.2, -0.15) is 0 Å². The van der Waals surface area contributed by atoms with Gasteiger partial charge in [0.2, 0.25) is 0 Å². The van der Waals surface area contributed by atoms with Crippen molar-refractivity contribution in [2.24, 2.45) is 5.73 Å². The Hall–Kier alpha value is -2.69. The summed E-state index contributed by atoms with van der Waals surface area (Å²) in [7, 11) is 0. The van der Waals surface area contributed by atoms with E-state index in [0.29, 0.717) is 5.69 Å². The number of esters is 1. The van der Waals surface area contributed by atoms with E-state index < -0.39 is 18.0 Å². The molecule has 1 amide bonds. The molecule has 20 heavy (non-hydrogen) atoms. The van der Waals surface area contributed by atoms with E-state index in [-0.39, 0.29) is 0 Å². The first-order valence-corrected chi connectivity index (χ1v) is 6.10. The molecule has 0 aliphatic heterocycles. The van der Waals surface area contributed by atoms with Crippen LogP contribution < -0.4 is 5.73 Å². The van der Waals surface area contributed by atoms with Gasteiger partial charge in [-0.05, 0) is 25.1 Å². The second-order valence-electron chi connectivity index (χ2n) is 4.24. The van der Waals surface area contributed by atoms with Gasteiger partial charge in [-0.15, -0.1) is 0 Å². The molecule has 0 unspecified atom stereocenters. The third-order valence-electron chi connectivity index (χ3n) is 2.70. The fraction of sp³-hybridized carbons (Fsp3) is 0.133. The first-order chi connectivity index (χ1) is 9.56. The van der Waals surface area contributed by atoms with E-state index in [0.717, 1.165) is 10.9 Å². The molecule has 2 rings (SSSR count). The number of nitrogens with two attached hydrogens (primary N) is 1. The third kappa shape index (κ3) is 3.41. The summed E-state index contributed by atoms with van der Waals surface area (Å²) >= 11 is 0. The molecule has 2 N–H and O–H groups in total. The lowest BCUT2D eigenvalue weighted by Gasteiger charge is -2.06. The van der Waals surface area contributed by atoms with Gasteiger partial charge in [0.1, 0.15) is 0 Å². The summed E-state index contributed by atoms with van der Waals surface area (Å²) in [4.78, 5) is 26.6. The van der Waals surface area contributed by atoms with E-state index in [1.807, 2.05) is 30.3 Å². The first-order valence-electron chi connectivity index (χ1n) is 6.10. The highest BCUT2D eigenvalue weighted by Gasteiger charge is 2.12. The average Bonchev–Trinajstić information content (AvgIpc) is 2.44. The fourth-order valence-electron chi connectivity index (χ4n) is 1.60. The largest absolute Gasteiger partial charge is 0.449 e. The Morgan fingerprint density at radius 2 is 2.00 bits per heavy atom. The highest BCUT2D eigenvalue weighted by molar-refractivity contribution is 5.90. The van der Waals surface area contributed by atoms with Crippen LogP contribution in [-0.4, -0.2) is 23.0 Å². The van der Waals surface area contributed by atoms with Gasteiger partial charge >= 0.3 is 5.97 Å². The molecule has 0 spiro atoms. The lowest BCUT2D eigenvalue weighted by atomic mass is 10.2. The smallest absolute Gasteiger partial charge is 0.331 e. The Kier molecular flexibility index (Phi) is 4.10. The predicted octanol–water partition coefficient (Wildman–Crippen LogP) is 1.66. The molecular weight excluding hydrogens is 256 g/mol. The number of para-hydroxylation sites is 1. The third-order valence-corrected chi connectivity index (χ3v) is 2.70. The number of primary amides is 1. The molecule has 1 atom stereocenters. The van der Waals surface area contributed by atoms with E-state index in [2.05, 4.69) is 4.98 Å². The molecule has 1 aromatic carbocycles. The molecule has 0 aliphatic carbocycles. The van der Waals surface area contributed by atoms with E-state index >= 15 is 0 Å². The number of benzene rings is 1. The van der Waals surface area contributed by atoms with Crippen LogP contribution in [0.2, 0.25) is 0 Å². The normalized spacial score (nSPS) is 12.4. The summed E-state index contributed by atoms with van der Waals surface area (Å²) in [6.07, 6.45) is 1.80. The molecule has 0 aliphatic rings. The Balaban J connectivity index is 2.09. The molecule has 0 fully saturated rings. The number of fused-ring (bicyclic) bond motifs is 1. The van der Waals surface area contributed by atoms with Crippen molar-refractivity contribution in [1.29, 1.82) is 0 Å². The van der Waals surface area contributed by atoms with Crippen molar-refractivity contribution in [3.63, 3.8) is 0 Å². The summed E-state index contributed by atoms with van der Waals surface area (Å²) in [6, 6.07) is 11.4. The van der Waals surface area contributed by atoms with Gasteiger partial charge in [0.15, 0.2) is 6.10 Å². The van der Waals surface area contributed by atoms with Crippen molar-refractivity contribution in [2.75, 3.05) is 0 Å². The molecule has 0 saturated heterocycles. The minimum atomic E-state index is -0.947. The maximum Gasteiger partial charge on any atom is 0.331 e. The number of carbonyl (C=O) groups excluding carboxylic acids is 2. The van der Waals surface area contributed by atoms with Crippen molar-refractivity contribution in [3.05, 3.63) is 48.2 Å². The maximum atomic E-state index is 11.5. The van der Waals surface area contributed by atoms with Crippen LogP contribution in [-0.2, 0) is 14.3 Å². The Morgan fingerprint density at radius 1 is 1.25 bits per heavy atom. The van der Waals surface area contributed by atoms with Gasteiger partial charge in [-0.25, -0.2) is 9.78 Å². The number of rotatable bonds is 4. The minimum absolute atomic E-state index is 0.632. The molecule has 0 radical (unpaired) electrons. The van der Waals surface area contributed by atoms with E-state index in [4.69, 9.17) is 10.5 Å². The zero-order chi connectivity index (χ0) is 14.5. The van der Waals surface area contributed by atoms with Crippen molar-refractivity contribution >= 4 is 28.9 Å². The molecule has 0 saturated carbocycles. The van der Waals surface area contributed by atoms with E-state index in [1.165, 1.54) is 19.1 Å². The maximum absolute atomic E-state index is 11.5. The highest BCUT2D eigenvalue weighted by Crippen LogP contribution is 2.12. The number of carbonyl (C=O) groups is 2. The quantitative estimate of drug-likeness (QED) is 0.676. The molecule has 1 heterocycles. The molecule has 2 aromatic rings. The van der Waals surface area contributed by atoms with Crippen LogP contribution in [0, 0.1) is 0 Å². The van der Waals surface area contributed by atoms with Crippen LogP contribution in [0.15, 0.2) is 42.5 Å². The fourth-order valence-corrected chi connectivity index (χ4v) is 1.60. The number of ether oxygens (including phenoxy) is 1. The number of nitrogens with zero attached hydrogens (tertiary/aromatic N) is 1. The van der Waals surface area contributed by atoms with E-state index in [9.17, 15) is 9.59 Å². The zero-order valence-corrected chi connectivity index (χ0v) is 10.9. The van der Waals surface area contributed by atoms with E-state index in [1.54, 1.807) is 6.07 Å². The van der Waals surface area contributed by atoms with Crippen LogP contribution in [0.3, 0.4) is 0 Å². The summed E-state index contributed by atoms with van der Waals surface area (Å²) in [5.41, 5.74) is 6.47. The van der Waals surface area contributed by atoms with Gasteiger partial charge in [-0.1, -0.05) is 24.3 Å². The van der Waals surface area contributed by atoms with Crippen molar-refractivity contribution in [3.8, 4) is 0 Å². The van der Waals surface area contributed by atoms with Gasteiger partial charge < -0.3 is 10.5 Å². The molecule has 5 nitrogen and oxygen atoms in total. The summed E-state index contributed by atoms with van der Waals surface area (Å²) in [5.74, 6) is -1.32. The van der Waals surface area contributed by atoms with Crippen LogP contribution >= 0.6 is 0 Å². The zero-order valence-electron chi connectivity index (χ0n) is 10.9. The number of hydrogen-bond acceptors (Lipinski definition) is 4. The van der Waals surface area contributed by atoms with Gasteiger partial charge in [0.05, 0.1) is 11.2 Å². The minimum Gasteiger partial charge on any atom is -0.449 e. The topological polar surface area (TPSA) is 82.3 Å². The Labute approximate surface area is 116 Å². The number of aromatic nitrogens is 1. The average molecular weight is 270 g/mol. The van der Waals surface area contributed by atoms with Crippen molar-refractivity contribution in [1.82, 2.24) is 4.98 Å². The second kappa shape index (κ2) is 5.97. The summed E-state index contributed by atoms with van der Waals surface area (Å²) < 4.78 is 4.79. The predicted molar refractivity (Wildman–Crippen MR) is 75.5 cm³/mol. The number of hydrogen-bond donors (Lipinski definition) is 1. The molecule has 0 bridgehead atoms.